The Morgan fingerprint density at radius 3 is 2.52 bits per heavy atom. The number of aryl methyl sites for hydroxylation is 1. The average molecular weight is 415 g/mol. The first-order chi connectivity index (χ1) is 13.4. The molecule has 1 fully saturated rings. The first kappa shape index (κ1) is 20.9. The molecule has 29 heavy (non-hydrogen) atoms. The van der Waals surface area contributed by atoms with Crippen LogP contribution in [0, 0.1) is 11.2 Å². The first-order valence-corrected chi connectivity index (χ1v) is 13.8. The molecule has 0 bridgehead atoms. The molecular formula is C25H35FO2Si. The molecule has 0 saturated heterocycles. The fourth-order valence-electron chi connectivity index (χ4n) is 5.32. The van der Waals surface area contributed by atoms with Crippen molar-refractivity contribution in [3.8, 4) is 5.75 Å². The second-order valence-corrected chi connectivity index (χ2v) is 15.7. The summed E-state index contributed by atoms with van der Waals surface area (Å²) in [5, 5.41) is 1.94. The van der Waals surface area contributed by atoms with Crippen LogP contribution in [0.25, 0.3) is 10.8 Å². The Labute approximate surface area is 175 Å². The lowest BCUT2D eigenvalue weighted by Crippen LogP contribution is -2.43. The number of hydrogen-bond acceptors (Lipinski definition) is 2. The van der Waals surface area contributed by atoms with E-state index in [1.807, 2.05) is 24.3 Å². The van der Waals surface area contributed by atoms with Crippen molar-refractivity contribution in [2.75, 3.05) is 7.11 Å². The largest absolute Gasteiger partial charge is 0.497 e. The molecule has 4 heteroatoms. The Balaban J connectivity index is 1.73. The zero-order valence-electron chi connectivity index (χ0n) is 19.0. The minimum atomic E-state index is -1.82. The van der Waals surface area contributed by atoms with E-state index >= 15 is 4.39 Å². The lowest BCUT2D eigenvalue weighted by Gasteiger charge is -2.39. The highest BCUT2D eigenvalue weighted by atomic mass is 28.4. The number of hydrogen-bond donors (Lipinski definition) is 0. The van der Waals surface area contributed by atoms with Gasteiger partial charge < -0.3 is 9.16 Å². The molecular weight excluding hydrogens is 379 g/mol. The SMILES string of the molecule is COc1ccc2c(F)cc3c(c2c1)CC[C@]1(C)CC(O[Si](C)(C)C(C)(C)C)CC31. The molecule has 2 aliphatic rings. The summed E-state index contributed by atoms with van der Waals surface area (Å²) in [7, 11) is -0.146. The van der Waals surface area contributed by atoms with Crippen molar-refractivity contribution in [1.82, 2.24) is 0 Å². The standard InChI is InChI=1S/C25H35FO2Si/c1-24(2,3)29(6,7)28-17-13-22-21-14-23(26)19-9-8-16(27-5)12-20(19)18(21)10-11-25(22,4)15-17/h8-9,12,14,17,22H,10-11,13,15H2,1-7H3/t17?,22?,25-/m1/s1. The van der Waals surface area contributed by atoms with Crippen molar-refractivity contribution in [2.45, 2.75) is 83.5 Å². The van der Waals surface area contributed by atoms with Crippen molar-refractivity contribution in [3.63, 3.8) is 0 Å². The van der Waals surface area contributed by atoms with Gasteiger partial charge in [-0.1, -0.05) is 27.7 Å². The summed E-state index contributed by atoms with van der Waals surface area (Å²) in [6.45, 7) is 14.0. The average Bonchev–Trinajstić information content (AvgIpc) is 2.96. The molecule has 0 heterocycles. The van der Waals surface area contributed by atoms with Crippen LogP contribution in [0.15, 0.2) is 24.3 Å². The topological polar surface area (TPSA) is 18.5 Å². The van der Waals surface area contributed by atoms with Crippen LogP contribution in [0.1, 0.15) is 64.0 Å². The highest BCUT2D eigenvalue weighted by Gasteiger charge is 2.50. The molecule has 0 spiro atoms. The summed E-state index contributed by atoms with van der Waals surface area (Å²) in [4.78, 5) is 0. The van der Waals surface area contributed by atoms with E-state index in [4.69, 9.17) is 9.16 Å². The normalized spacial score (nSPS) is 27.0. The Morgan fingerprint density at radius 2 is 1.86 bits per heavy atom. The van der Waals surface area contributed by atoms with E-state index in [1.165, 1.54) is 11.1 Å². The van der Waals surface area contributed by atoms with Gasteiger partial charge in [-0.25, -0.2) is 4.39 Å². The van der Waals surface area contributed by atoms with E-state index in [1.54, 1.807) is 7.11 Å². The predicted octanol–water partition coefficient (Wildman–Crippen LogP) is 7.21. The monoisotopic (exact) mass is 414 g/mol. The molecule has 0 N–H and O–H groups in total. The Kier molecular flexibility index (Phi) is 4.90. The summed E-state index contributed by atoms with van der Waals surface area (Å²) in [5.74, 6) is 1.05. The van der Waals surface area contributed by atoms with Crippen molar-refractivity contribution in [1.29, 1.82) is 0 Å². The number of halogens is 1. The van der Waals surface area contributed by atoms with Gasteiger partial charge in [0.15, 0.2) is 8.32 Å². The van der Waals surface area contributed by atoms with Crippen molar-refractivity contribution < 1.29 is 13.6 Å². The van der Waals surface area contributed by atoms with Gasteiger partial charge in [0.25, 0.3) is 0 Å². The number of benzene rings is 2. The first-order valence-electron chi connectivity index (χ1n) is 10.9. The van der Waals surface area contributed by atoms with E-state index in [2.05, 4.69) is 40.8 Å². The van der Waals surface area contributed by atoms with Crippen molar-refractivity contribution >= 4 is 19.1 Å². The minimum Gasteiger partial charge on any atom is -0.497 e. The lowest BCUT2D eigenvalue weighted by molar-refractivity contribution is 0.165. The molecule has 2 nitrogen and oxygen atoms in total. The quantitative estimate of drug-likeness (QED) is 0.494. The van der Waals surface area contributed by atoms with Gasteiger partial charge in [-0.3, -0.25) is 0 Å². The Morgan fingerprint density at radius 1 is 1.14 bits per heavy atom. The van der Waals surface area contributed by atoms with E-state index < -0.39 is 8.32 Å². The minimum absolute atomic E-state index is 0.112. The smallest absolute Gasteiger partial charge is 0.192 e. The van der Waals surface area contributed by atoms with Crippen LogP contribution in [0.3, 0.4) is 0 Å². The highest BCUT2D eigenvalue weighted by molar-refractivity contribution is 6.74. The van der Waals surface area contributed by atoms with E-state index in [9.17, 15) is 0 Å². The zero-order valence-corrected chi connectivity index (χ0v) is 20.0. The summed E-state index contributed by atoms with van der Waals surface area (Å²) in [6.07, 6.45) is 4.51. The number of methoxy groups -OCH3 is 1. The van der Waals surface area contributed by atoms with Crippen LogP contribution in [0.5, 0.6) is 5.75 Å². The Bertz CT molecular complexity index is 946. The summed E-state index contributed by atoms with van der Waals surface area (Å²) in [5.41, 5.74) is 2.72. The van der Waals surface area contributed by atoms with Crippen molar-refractivity contribution in [2.24, 2.45) is 5.41 Å². The second kappa shape index (κ2) is 6.81. The van der Waals surface area contributed by atoms with Crippen LogP contribution >= 0.6 is 0 Å². The lowest BCUT2D eigenvalue weighted by atomic mass is 9.66. The van der Waals surface area contributed by atoms with Crippen molar-refractivity contribution in [3.05, 3.63) is 41.2 Å². The molecule has 3 atom stereocenters. The fraction of sp³-hybridized carbons (Fsp3) is 0.600. The fourth-order valence-corrected chi connectivity index (χ4v) is 6.69. The third-order valence-corrected chi connectivity index (χ3v) is 12.6. The maximum Gasteiger partial charge on any atom is 0.192 e. The number of ether oxygens (including phenoxy) is 1. The van der Waals surface area contributed by atoms with Gasteiger partial charge in [-0.2, -0.15) is 0 Å². The van der Waals surface area contributed by atoms with Gasteiger partial charge in [0.1, 0.15) is 11.6 Å². The molecule has 0 radical (unpaired) electrons. The number of fused-ring (bicyclic) bond motifs is 5. The summed E-state index contributed by atoms with van der Waals surface area (Å²) >= 11 is 0. The molecule has 2 aliphatic carbocycles. The molecule has 1 saturated carbocycles. The maximum atomic E-state index is 15.1. The summed E-state index contributed by atoms with van der Waals surface area (Å²) < 4.78 is 27.3. The van der Waals surface area contributed by atoms with Gasteiger partial charge in [-0.05, 0) is 95.9 Å². The predicted molar refractivity (Wildman–Crippen MR) is 121 cm³/mol. The van der Waals surface area contributed by atoms with E-state index in [0.717, 1.165) is 36.8 Å². The van der Waals surface area contributed by atoms with Gasteiger partial charge in [0, 0.05) is 11.5 Å². The van der Waals surface area contributed by atoms with Crippen LogP contribution < -0.4 is 4.74 Å². The van der Waals surface area contributed by atoms with Crippen LogP contribution in [-0.4, -0.2) is 21.5 Å². The zero-order chi connectivity index (χ0) is 21.2. The molecule has 0 aromatic heterocycles. The molecule has 2 aromatic carbocycles. The van der Waals surface area contributed by atoms with Crippen LogP contribution in [0.2, 0.25) is 18.1 Å². The highest BCUT2D eigenvalue weighted by Crippen LogP contribution is 2.58. The van der Waals surface area contributed by atoms with Crippen LogP contribution in [-0.2, 0) is 10.8 Å². The van der Waals surface area contributed by atoms with Gasteiger partial charge in [0.05, 0.1) is 7.11 Å². The molecule has 0 aliphatic heterocycles. The molecule has 2 unspecified atom stereocenters. The Hall–Kier alpha value is -1.39. The third kappa shape index (κ3) is 3.42. The van der Waals surface area contributed by atoms with E-state index in [-0.39, 0.29) is 22.4 Å². The molecule has 158 valence electrons. The molecule has 0 amide bonds. The third-order valence-electron chi connectivity index (χ3n) is 8.06. The molecule has 2 aromatic rings. The van der Waals surface area contributed by atoms with Gasteiger partial charge >= 0.3 is 0 Å². The van der Waals surface area contributed by atoms with Gasteiger partial charge in [-0.15, -0.1) is 0 Å². The van der Waals surface area contributed by atoms with Crippen LogP contribution in [0.4, 0.5) is 4.39 Å². The summed E-state index contributed by atoms with van der Waals surface area (Å²) in [6, 6.07) is 7.54. The second-order valence-electron chi connectivity index (χ2n) is 11.0. The molecule has 4 rings (SSSR count). The number of rotatable bonds is 3. The van der Waals surface area contributed by atoms with E-state index in [0.29, 0.717) is 11.3 Å². The maximum absolute atomic E-state index is 15.1. The van der Waals surface area contributed by atoms with Gasteiger partial charge in [0.2, 0.25) is 0 Å².